The maximum Gasteiger partial charge on any atom is 0.133 e. The minimum Gasteiger partial charge on any atom is -0.467 e. The number of nitrogens with zero attached hydrogens (tertiary/aromatic N) is 2. The molecule has 18 heavy (non-hydrogen) atoms. The second-order valence-corrected chi connectivity index (χ2v) is 4.32. The summed E-state index contributed by atoms with van der Waals surface area (Å²) in [6.45, 7) is 2.05. The molecule has 2 aromatic heterocycles. The number of furan rings is 1. The van der Waals surface area contributed by atoms with Crippen molar-refractivity contribution in [3.8, 4) is 12.3 Å². The first-order valence-electron chi connectivity index (χ1n) is 5.92. The van der Waals surface area contributed by atoms with Crippen molar-refractivity contribution in [1.29, 1.82) is 0 Å². The summed E-state index contributed by atoms with van der Waals surface area (Å²) in [5.74, 6) is 4.41. The van der Waals surface area contributed by atoms with Gasteiger partial charge in [0.15, 0.2) is 0 Å². The van der Waals surface area contributed by atoms with Gasteiger partial charge in [-0.25, -0.2) is 4.98 Å². The van der Waals surface area contributed by atoms with Crippen LogP contribution in [0.4, 0.5) is 0 Å². The van der Waals surface area contributed by atoms with E-state index in [1.54, 1.807) is 12.5 Å². The summed E-state index contributed by atoms with van der Waals surface area (Å²) < 4.78 is 7.46. The molecule has 0 saturated carbocycles. The Balaban J connectivity index is 2.25. The van der Waals surface area contributed by atoms with Gasteiger partial charge in [-0.3, -0.25) is 5.32 Å². The molecular formula is C14H17N3O. The highest BCUT2D eigenvalue weighted by Crippen LogP contribution is 2.21. The molecule has 0 radical (unpaired) electrons. The van der Waals surface area contributed by atoms with Gasteiger partial charge in [0.1, 0.15) is 17.6 Å². The molecule has 0 aliphatic carbocycles. The first-order valence-corrected chi connectivity index (χ1v) is 5.92. The molecule has 0 spiro atoms. The molecule has 2 aromatic rings. The van der Waals surface area contributed by atoms with E-state index >= 15 is 0 Å². The molecular weight excluding hydrogens is 226 g/mol. The molecule has 4 nitrogen and oxygen atoms in total. The molecule has 0 saturated heterocycles. The van der Waals surface area contributed by atoms with Crippen molar-refractivity contribution in [3.05, 3.63) is 42.4 Å². The van der Waals surface area contributed by atoms with Crippen LogP contribution in [0.3, 0.4) is 0 Å². The quantitative estimate of drug-likeness (QED) is 0.818. The summed E-state index contributed by atoms with van der Waals surface area (Å²) in [5.41, 5.74) is 0. The molecule has 0 bridgehead atoms. The first kappa shape index (κ1) is 12.5. The Morgan fingerprint density at radius 3 is 3.00 bits per heavy atom. The minimum absolute atomic E-state index is 0.0802. The van der Waals surface area contributed by atoms with Gasteiger partial charge in [-0.05, 0) is 19.1 Å². The van der Waals surface area contributed by atoms with Crippen LogP contribution < -0.4 is 5.32 Å². The molecule has 2 unspecified atom stereocenters. The number of hydrogen-bond donors (Lipinski definition) is 1. The summed E-state index contributed by atoms with van der Waals surface area (Å²) in [6, 6.07) is 3.93. The van der Waals surface area contributed by atoms with Crippen molar-refractivity contribution in [1.82, 2.24) is 14.9 Å². The predicted octanol–water partition coefficient (Wildman–Crippen LogP) is 2.10. The summed E-state index contributed by atoms with van der Waals surface area (Å²) in [6.07, 6.45) is 11.4. The Kier molecular flexibility index (Phi) is 3.85. The van der Waals surface area contributed by atoms with E-state index in [1.165, 1.54) is 0 Å². The number of nitrogens with one attached hydrogen (secondary N) is 1. The van der Waals surface area contributed by atoms with Crippen LogP contribution in [0.2, 0.25) is 0 Å². The van der Waals surface area contributed by atoms with Crippen LogP contribution >= 0.6 is 0 Å². The minimum atomic E-state index is -0.0802. The van der Waals surface area contributed by atoms with E-state index in [0.717, 1.165) is 11.6 Å². The average molecular weight is 243 g/mol. The fraction of sp³-hybridized carbons (Fsp3) is 0.357. The molecule has 2 rings (SSSR count). The van der Waals surface area contributed by atoms with Crippen molar-refractivity contribution in [2.45, 2.75) is 25.4 Å². The lowest BCUT2D eigenvalue weighted by molar-refractivity contribution is 0.401. The zero-order chi connectivity index (χ0) is 13.0. The van der Waals surface area contributed by atoms with E-state index < -0.39 is 0 Å². The largest absolute Gasteiger partial charge is 0.467 e. The van der Waals surface area contributed by atoms with E-state index in [0.29, 0.717) is 6.42 Å². The lowest BCUT2D eigenvalue weighted by atomic mass is 10.1. The van der Waals surface area contributed by atoms with Crippen LogP contribution in [-0.2, 0) is 7.05 Å². The molecule has 94 valence electrons. The Labute approximate surface area is 107 Å². The smallest absolute Gasteiger partial charge is 0.133 e. The first-order chi connectivity index (χ1) is 8.72. The normalized spacial score (nSPS) is 14.1. The molecule has 0 aromatic carbocycles. The van der Waals surface area contributed by atoms with E-state index in [2.05, 4.69) is 23.1 Å². The molecule has 0 aliphatic heterocycles. The summed E-state index contributed by atoms with van der Waals surface area (Å²) >= 11 is 0. The lowest BCUT2D eigenvalue weighted by Gasteiger charge is -2.20. The SMILES string of the molecule is C#CCC(C)NC(c1ccco1)c1nccn1C. The number of imidazole rings is 1. The van der Waals surface area contributed by atoms with Crippen LogP contribution in [0.15, 0.2) is 35.2 Å². The molecule has 0 aliphatic rings. The third-order valence-corrected chi connectivity index (χ3v) is 2.82. The highest BCUT2D eigenvalue weighted by molar-refractivity contribution is 5.16. The highest BCUT2D eigenvalue weighted by Gasteiger charge is 2.22. The van der Waals surface area contributed by atoms with Crippen molar-refractivity contribution in [2.24, 2.45) is 7.05 Å². The summed E-state index contributed by atoms with van der Waals surface area (Å²) in [4.78, 5) is 4.37. The monoisotopic (exact) mass is 243 g/mol. The maximum absolute atomic E-state index is 5.49. The van der Waals surface area contributed by atoms with E-state index in [1.807, 2.05) is 29.9 Å². The zero-order valence-electron chi connectivity index (χ0n) is 10.6. The van der Waals surface area contributed by atoms with E-state index in [-0.39, 0.29) is 12.1 Å². The number of aromatic nitrogens is 2. The van der Waals surface area contributed by atoms with Gasteiger partial charge in [-0.1, -0.05) is 0 Å². The third-order valence-electron chi connectivity index (χ3n) is 2.82. The molecule has 2 heterocycles. The predicted molar refractivity (Wildman–Crippen MR) is 69.8 cm³/mol. The number of aryl methyl sites for hydroxylation is 1. The Hall–Kier alpha value is -1.99. The van der Waals surface area contributed by atoms with Gasteiger partial charge in [-0.15, -0.1) is 12.3 Å². The highest BCUT2D eigenvalue weighted by atomic mass is 16.3. The Morgan fingerprint density at radius 1 is 1.61 bits per heavy atom. The Morgan fingerprint density at radius 2 is 2.44 bits per heavy atom. The lowest BCUT2D eigenvalue weighted by Crippen LogP contribution is -2.32. The van der Waals surface area contributed by atoms with E-state index in [4.69, 9.17) is 10.8 Å². The van der Waals surface area contributed by atoms with Crippen molar-refractivity contribution in [3.63, 3.8) is 0 Å². The zero-order valence-corrected chi connectivity index (χ0v) is 10.6. The van der Waals surface area contributed by atoms with Crippen LogP contribution in [0.1, 0.15) is 31.0 Å². The fourth-order valence-electron chi connectivity index (χ4n) is 1.91. The third kappa shape index (κ3) is 2.63. The van der Waals surface area contributed by atoms with Crippen LogP contribution in [0.5, 0.6) is 0 Å². The summed E-state index contributed by atoms with van der Waals surface area (Å²) in [7, 11) is 1.96. The molecule has 1 N–H and O–H groups in total. The van der Waals surface area contributed by atoms with Crippen molar-refractivity contribution >= 4 is 0 Å². The maximum atomic E-state index is 5.49. The van der Waals surface area contributed by atoms with Crippen molar-refractivity contribution < 1.29 is 4.42 Å². The second-order valence-electron chi connectivity index (χ2n) is 4.32. The van der Waals surface area contributed by atoms with Crippen LogP contribution in [0, 0.1) is 12.3 Å². The number of rotatable bonds is 5. The van der Waals surface area contributed by atoms with Gasteiger partial charge in [0.2, 0.25) is 0 Å². The van der Waals surface area contributed by atoms with Crippen molar-refractivity contribution in [2.75, 3.05) is 0 Å². The molecule has 4 heteroatoms. The fourth-order valence-corrected chi connectivity index (χ4v) is 1.91. The van der Waals surface area contributed by atoms with Gasteiger partial charge >= 0.3 is 0 Å². The number of hydrogen-bond acceptors (Lipinski definition) is 3. The summed E-state index contributed by atoms with van der Waals surface area (Å²) in [5, 5.41) is 3.44. The van der Waals surface area contributed by atoms with E-state index in [9.17, 15) is 0 Å². The topological polar surface area (TPSA) is 43.0 Å². The van der Waals surface area contributed by atoms with Gasteiger partial charge in [0.05, 0.1) is 6.26 Å². The Bertz CT molecular complexity index is 521. The van der Waals surface area contributed by atoms with Crippen LogP contribution in [-0.4, -0.2) is 15.6 Å². The second kappa shape index (κ2) is 5.56. The van der Waals surface area contributed by atoms with Gasteiger partial charge in [0.25, 0.3) is 0 Å². The van der Waals surface area contributed by atoms with Gasteiger partial charge < -0.3 is 8.98 Å². The van der Waals surface area contributed by atoms with Gasteiger partial charge in [-0.2, -0.15) is 0 Å². The molecule has 0 fully saturated rings. The standard InChI is InChI=1S/C14H17N3O/c1-4-6-11(2)16-13(12-7-5-10-18-12)14-15-8-9-17(14)3/h1,5,7-11,13,16H,6H2,2-3H3. The average Bonchev–Trinajstić information content (AvgIpc) is 2.97. The number of terminal acetylenes is 1. The van der Waals surface area contributed by atoms with Gasteiger partial charge in [0, 0.05) is 31.9 Å². The molecule has 0 amide bonds. The van der Waals surface area contributed by atoms with Crippen LogP contribution in [0.25, 0.3) is 0 Å². The molecule has 2 atom stereocenters.